The number of ketones is 1. The summed E-state index contributed by atoms with van der Waals surface area (Å²) >= 11 is 0. The molecule has 3 heteroatoms. The second-order valence-electron chi connectivity index (χ2n) is 3.22. The van der Waals surface area contributed by atoms with E-state index in [9.17, 15) is 9.90 Å². The lowest BCUT2D eigenvalue weighted by molar-refractivity contribution is -0.120. The van der Waals surface area contributed by atoms with Gasteiger partial charge < -0.3 is 5.11 Å². The van der Waals surface area contributed by atoms with E-state index in [0.29, 0.717) is 5.56 Å². The van der Waals surface area contributed by atoms with Crippen LogP contribution < -0.4 is 0 Å². The summed E-state index contributed by atoms with van der Waals surface area (Å²) in [6.45, 7) is 1.35. The molecule has 1 atom stereocenters. The normalized spacial score (nSPS) is 14.1. The van der Waals surface area contributed by atoms with Gasteiger partial charge in [0.25, 0.3) is 0 Å². The highest BCUT2D eigenvalue weighted by molar-refractivity contribution is 5.77. The van der Waals surface area contributed by atoms with Crippen LogP contribution in [0.25, 0.3) is 0 Å². The highest BCUT2D eigenvalue weighted by Gasteiger charge is 2.30. The summed E-state index contributed by atoms with van der Waals surface area (Å²) in [5, 5.41) is 18.7. The Bertz CT molecular complexity index is 367. The first kappa shape index (κ1) is 10.4. The van der Waals surface area contributed by atoms with Crippen LogP contribution in [0, 0.1) is 11.3 Å². The Morgan fingerprint density at radius 1 is 1.50 bits per heavy atom. The monoisotopic (exact) mass is 189 g/mol. The van der Waals surface area contributed by atoms with E-state index in [1.165, 1.54) is 6.92 Å². The first-order chi connectivity index (χ1) is 6.58. The molecule has 0 bridgehead atoms. The molecule has 14 heavy (non-hydrogen) atoms. The van der Waals surface area contributed by atoms with Crippen molar-refractivity contribution in [2.24, 2.45) is 0 Å². The number of carbonyl (C=O) groups is 1. The number of carbonyl (C=O) groups excluding carboxylic acids is 1. The molecule has 3 nitrogen and oxygen atoms in total. The van der Waals surface area contributed by atoms with Gasteiger partial charge in [0.1, 0.15) is 11.9 Å². The molecule has 0 amide bonds. The topological polar surface area (TPSA) is 61.1 Å². The zero-order valence-corrected chi connectivity index (χ0v) is 7.90. The van der Waals surface area contributed by atoms with Crippen molar-refractivity contribution in [3.05, 3.63) is 35.9 Å². The number of Topliss-reactive ketones (excluding diaryl/α,β-unsaturated/α-hetero) is 1. The second-order valence-corrected chi connectivity index (χ2v) is 3.22. The van der Waals surface area contributed by atoms with Crippen molar-refractivity contribution >= 4 is 5.78 Å². The van der Waals surface area contributed by atoms with Gasteiger partial charge in [-0.05, 0) is 12.5 Å². The molecule has 0 aliphatic carbocycles. The third-order valence-corrected chi connectivity index (χ3v) is 1.94. The fourth-order valence-corrected chi connectivity index (χ4v) is 1.28. The summed E-state index contributed by atoms with van der Waals surface area (Å²) in [5.74, 6) is -0.210. The van der Waals surface area contributed by atoms with Crippen molar-refractivity contribution in [2.75, 3.05) is 0 Å². The van der Waals surface area contributed by atoms with E-state index >= 15 is 0 Å². The van der Waals surface area contributed by atoms with Gasteiger partial charge in [0.15, 0.2) is 5.60 Å². The van der Waals surface area contributed by atoms with E-state index in [1.807, 2.05) is 0 Å². The molecule has 1 aromatic rings. The Kier molecular flexibility index (Phi) is 3.00. The molecule has 1 N–H and O–H groups in total. The van der Waals surface area contributed by atoms with Crippen LogP contribution in [0.2, 0.25) is 0 Å². The minimum atomic E-state index is -1.69. The second kappa shape index (κ2) is 4.03. The minimum absolute atomic E-state index is 0.173. The van der Waals surface area contributed by atoms with E-state index in [4.69, 9.17) is 5.26 Å². The summed E-state index contributed by atoms with van der Waals surface area (Å²) in [5.41, 5.74) is -1.23. The molecule has 0 saturated heterocycles. The van der Waals surface area contributed by atoms with Crippen molar-refractivity contribution in [3.63, 3.8) is 0 Å². The van der Waals surface area contributed by atoms with Crippen molar-refractivity contribution in [1.82, 2.24) is 0 Å². The van der Waals surface area contributed by atoms with Gasteiger partial charge in [-0.2, -0.15) is 5.26 Å². The largest absolute Gasteiger partial charge is 0.371 e. The molecule has 1 aromatic carbocycles. The van der Waals surface area contributed by atoms with Gasteiger partial charge in [-0.15, -0.1) is 0 Å². The molecule has 0 aliphatic heterocycles. The van der Waals surface area contributed by atoms with Crippen LogP contribution in [0.4, 0.5) is 0 Å². The maximum Gasteiger partial charge on any atom is 0.183 e. The van der Waals surface area contributed by atoms with Gasteiger partial charge in [-0.25, -0.2) is 0 Å². The summed E-state index contributed by atoms with van der Waals surface area (Å²) in [4.78, 5) is 10.9. The number of hydrogen-bond acceptors (Lipinski definition) is 3. The quantitative estimate of drug-likeness (QED) is 0.730. The fraction of sp³-hybridized carbons (Fsp3) is 0.273. The standard InChI is InChI=1S/C11H11NO2/c1-9(13)7-11(14,8-12)10-5-3-2-4-6-10/h2-6,14H,7H2,1H3. The first-order valence-corrected chi connectivity index (χ1v) is 4.27. The number of aliphatic hydroxyl groups is 1. The maximum absolute atomic E-state index is 10.9. The van der Waals surface area contributed by atoms with E-state index in [-0.39, 0.29) is 12.2 Å². The summed E-state index contributed by atoms with van der Waals surface area (Å²) in [7, 11) is 0. The van der Waals surface area contributed by atoms with Crippen LogP contribution in [-0.4, -0.2) is 10.9 Å². The number of benzene rings is 1. The van der Waals surface area contributed by atoms with Crippen LogP contribution >= 0.6 is 0 Å². The molecular weight excluding hydrogens is 178 g/mol. The highest BCUT2D eigenvalue weighted by Crippen LogP contribution is 2.23. The molecule has 72 valence electrons. The van der Waals surface area contributed by atoms with Gasteiger partial charge in [0, 0.05) is 0 Å². The molecule has 1 rings (SSSR count). The van der Waals surface area contributed by atoms with Crippen LogP contribution in [0.3, 0.4) is 0 Å². The van der Waals surface area contributed by atoms with Crippen LogP contribution in [-0.2, 0) is 10.4 Å². The van der Waals surface area contributed by atoms with E-state index in [0.717, 1.165) is 0 Å². The fourth-order valence-electron chi connectivity index (χ4n) is 1.28. The van der Waals surface area contributed by atoms with Crippen molar-refractivity contribution in [3.8, 4) is 6.07 Å². The lowest BCUT2D eigenvalue weighted by Gasteiger charge is -2.18. The van der Waals surface area contributed by atoms with Crippen molar-refractivity contribution in [1.29, 1.82) is 5.26 Å². The van der Waals surface area contributed by atoms with Gasteiger partial charge in [-0.1, -0.05) is 30.3 Å². The van der Waals surface area contributed by atoms with Crippen LogP contribution in [0.15, 0.2) is 30.3 Å². The third kappa shape index (κ3) is 2.18. The smallest absolute Gasteiger partial charge is 0.183 e. The average Bonchev–Trinajstić information content (AvgIpc) is 2.18. The molecule has 0 aliphatic rings. The molecular formula is C11H11NO2. The molecule has 0 spiro atoms. The number of nitriles is 1. The SMILES string of the molecule is CC(=O)CC(O)(C#N)c1ccccc1. The van der Waals surface area contributed by atoms with E-state index in [1.54, 1.807) is 36.4 Å². The zero-order valence-electron chi connectivity index (χ0n) is 7.90. The summed E-state index contributed by atoms with van der Waals surface area (Å²) in [6, 6.07) is 10.2. The van der Waals surface area contributed by atoms with Gasteiger partial charge in [0.05, 0.1) is 6.42 Å². The Hall–Kier alpha value is -1.66. The third-order valence-electron chi connectivity index (χ3n) is 1.94. The highest BCUT2D eigenvalue weighted by atomic mass is 16.3. The van der Waals surface area contributed by atoms with Crippen LogP contribution in [0.5, 0.6) is 0 Å². The number of nitrogens with zero attached hydrogens (tertiary/aromatic N) is 1. The average molecular weight is 189 g/mol. The first-order valence-electron chi connectivity index (χ1n) is 4.27. The molecule has 0 aromatic heterocycles. The Labute approximate surface area is 82.6 Å². The van der Waals surface area contributed by atoms with Gasteiger partial charge in [0.2, 0.25) is 0 Å². The van der Waals surface area contributed by atoms with Crippen molar-refractivity contribution < 1.29 is 9.90 Å². The molecule has 0 heterocycles. The van der Waals surface area contributed by atoms with E-state index < -0.39 is 5.60 Å². The minimum Gasteiger partial charge on any atom is -0.371 e. The van der Waals surface area contributed by atoms with E-state index in [2.05, 4.69) is 0 Å². The number of rotatable bonds is 3. The number of hydrogen-bond donors (Lipinski definition) is 1. The summed E-state index contributed by atoms with van der Waals surface area (Å²) < 4.78 is 0. The molecule has 0 fully saturated rings. The van der Waals surface area contributed by atoms with Crippen LogP contribution in [0.1, 0.15) is 18.9 Å². The Balaban J connectivity index is 3.03. The molecule has 1 unspecified atom stereocenters. The Morgan fingerprint density at radius 3 is 2.50 bits per heavy atom. The van der Waals surface area contributed by atoms with Gasteiger partial charge in [-0.3, -0.25) is 4.79 Å². The zero-order chi connectivity index (χ0) is 10.6. The summed E-state index contributed by atoms with van der Waals surface area (Å²) in [6.07, 6.45) is -0.173. The lowest BCUT2D eigenvalue weighted by atomic mass is 9.90. The predicted octanol–water partition coefficient (Wildman–Crippen LogP) is 1.38. The lowest BCUT2D eigenvalue weighted by Crippen LogP contribution is -2.26. The molecule has 0 saturated carbocycles. The molecule has 0 radical (unpaired) electrons. The maximum atomic E-state index is 10.9. The van der Waals surface area contributed by atoms with Gasteiger partial charge >= 0.3 is 0 Å². The van der Waals surface area contributed by atoms with Crippen molar-refractivity contribution in [2.45, 2.75) is 18.9 Å². The predicted molar refractivity (Wildman–Crippen MR) is 51.2 cm³/mol. The Morgan fingerprint density at radius 2 is 2.07 bits per heavy atom.